The summed E-state index contributed by atoms with van der Waals surface area (Å²) in [6.07, 6.45) is 0. The summed E-state index contributed by atoms with van der Waals surface area (Å²) in [6, 6.07) is 9.64. The summed E-state index contributed by atoms with van der Waals surface area (Å²) >= 11 is 0. The van der Waals surface area contributed by atoms with Crippen molar-refractivity contribution in [2.24, 2.45) is 5.92 Å². The molecule has 2 atom stereocenters. The predicted molar refractivity (Wildman–Crippen MR) is 58.7 cm³/mol. The van der Waals surface area contributed by atoms with Gasteiger partial charge in [-0.2, -0.15) is 0 Å². The molecule has 0 aromatic heterocycles. The van der Waals surface area contributed by atoms with E-state index >= 15 is 0 Å². The van der Waals surface area contributed by atoms with E-state index in [4.69, 9.17) is 0 Å². The highest BCUT2D eigenvalue weighted by molar-refractivity contribution is 5.52. The van der Waals surface area contributed by atoms with Crippen LogP contribution in [0.5, 0.6) is 0 Å². The third kappa shape index (κ3) is 1.14. The van der Waals surface area contributed by atoms with Crippen LogP contribution >= 0.6 is 0 Å². The van der Waals surface area contributed by atoms with E-state index in [1.54, 1.807) is 0 Å². The first-order chi connectivity index (χ1) is 6.84. The molecule has 0 unspecified atom stereocenters. The number of nitrogens with zero attached hydrogens (tertiary/aromatic N) is 1. The first-order valence-corrected chi connectivity index (χ1v) is 5.38. The van der Waals surface area contributed by atoms with Gasteiger partial charge < -0.3 is 10.2 Å². The lowest BCUT2D eigenvalue weighted by molar-refractivity contribution is 0.365. The van der Waals surface area contributed by atoms with Gasteiger partial charge in [0.1, 0.15) is 0 Å². The van der Waals surface area contributed by atoms with Gasteiger partial charge in [-0.05, 0) is 19.1 Å². The molecule has 2 fully saturated rings. The number of hydrogen-bond donors (Lipinski definition) is 1. The molecule has 2 saturated heterocycles. The molecule has 0 aliphatic carbocycles. The SMILES string of the molecule is Cc1ccc(N2C[C@H]3CNC[C@H]32)cc1. The zero-order valence-corrected chi connectivity index (χ0v) is 8.53. The van der Waals surface area contributed by atoms with Crippen molar-refractivity contribution in [1.82, 2.24) is 5.32 Å². The molecule has 74 valence electrons. The van der Waals surface area contributed by atoms with Gasteiger partial charge in [0.15, 0.2) is 0 Å². The summed E-state index contributed by atoms with van der Waals surface area (Å²) in [5.41, 5.74) is 2.73. The first kappa shape index (κ1) is 8.30. The van der Waals surface area contributed by atoms with Crippen LogP contribution < -0.4 is 10.2 Å². The summed E-state index contributed by atoms with van der Waals surface area (Å²) in [6.45, 7) is 5.76. The second-order valence-corrected chi connectivity index (χ2v) is 4.47. The lowest BCUT2D eigenvalue weighted by Crippen LogP contribution is -2.55. The molecule has 0 spiro atoms. The molecule has 2 nitrogen and oxygen atoms in total. The van der Waals surface area contributed by atoms with E-state index < -0.39 is 0 Å². The van der Waals surface area contributed by atoms with Crippen molar-refractivity contribution in [2.75, 3.05) is 24.5 Å². The Labute approximate surface area is 84.9 Å². The van der Waals surface area contributed by atoms with Crippen molar-refractivity contribution < 1.29 is 0 Å². The zero-order chi connectivity index (χ0) is 9.54. The molecule has 0 saturated carbocycles. The Morgan fingerprint density at radius 1 is 1.21 bits per heavy atom. The van der Waals surface area contributed by atoms with E-state index in [9.17, 15) is 0 Å². The van der Waals surface area contributed by atoms with Gasteiger partial charge in [-0.15, -0.1) is 0 Å². The Morgan fingerprint density at radius 3 is 2.71 bits per heavy atom. The quantitative estimate of drug-likeness (QED) is 0.716. The van der Waals surface area contributed by atoms with Gasteiger partial charge in [0, 0.05) is 37.3 Å². The highest BCUT2D eigenvalue weighted by Gasteiger charge is 2.41. The largest absolute Gasteiger partial charge is 0.366 e. The van der Waals surface area contributed by atoms with Gasteiger partial charge in [0.25, 0.3) is 0 Å². The molecule has 3 rings (SSSR count). The van der Waals surface area contributed by atoms with Crippen molar-refractivity contribution in [2.45, 2.75) is 13.0 Å². The molecule has 0 bridgehead atoms. The Bertz CT molecular complexity index is 331. The Kier molecular flexibility index (Phi) is 1.77. The average Bonchev–Trinajstić information content (AvgIpc) is 2.52. The minimum atomic E-state index is 0.762. The highest BCUT2D eigenvalue weighted by Crippen LogP contribution is 2.33. The number of anilines is 1. The number of nitrogens with one attached hydrogen (secondary N) is 1. The van der Waals surface area contributed by atoms with E-state index in [1.807, 2.05) is 0 Å². The van der Waals surface area contributed by atoms with Crippen LogP contribution in [0.2, 0.25) is 0 Å². The van der Waals surface area contributed by atoms with Crippen molar-refractivity contribution >= 4 is 5.69 Å². The van der Waals surface area contributed by atoms with Gasteiger partial charge >= 0.3 is 0 Å². The summed E-state index contributed by atoms with van der Waals surface area (Å²) in [5, 5.41) is 3.45. The van der Waals surface area contributed by atoms with Crippen LogP contribution in [0.1, 0.15) is 5.56 Å². The Hall–Kier alpha value is -1.02. The maximum atomic E-state index is 3.45. The molecule has 2 heteroatoms. The second kappa shape index (κ2) is 2.99. The van der Waals surface area contributed by atoms with Crippen LogP contribution in [0, 0.1) is 12.8 Å². The van der Waals surface area contributed by atoms with Crippen molar-refractivity contribution in [3.63, 3.8) is 0 Å². The van der Waals surface area contributed by atoms with Crippen LogP contribution in [0.15, 0.2) is 24.3 Å². The number of aryl methyl sites for hydroxylation is 1. The van der Waals surface area contributed by atoms with E-state index in [-0.39, 0.29) is 0 Å². The number of hydrogen-bond acceptors (Lipinski definition) is 2. The summed E-state index contributed by atoms with van der Waals surface area (Å²) < 4.78 is 0. The van der Waals surface area contributed by atoms with E-state index in [0.29, 0.717) is 0 Å². The number of rotatable bonds is 1. The van der Waals surface area contributed by atoms with Crippen LogP contribution in [-0.2, 0) is 0 Å². The average molecular weight is 188 g/mol. The Morgan fingerprint density at radius 2 is 2.00 bits per heavy atom. The van der Waals surface area contributed by atoms with E-state index in [1.165, 1.54) is 30.9 Å². The molecule has 14 heavy (non-hydrogen) atoms. The smallest absolute Gasteiger partial charge is 0.0471 e. The third-order valence-corrected chi connectivity index (χ3v) is 3.50. The van der Waals surface area contributed by atoms with E-state index in [2.05, 4.69) is 41.4 Å². The molecule has 2 aliphatic heterocycles. The van der Waals surface area contributed by atoms with E-state index in [0.717, 1.165) is 12.0 Å². The minimum Gasteiger partial charge on any atom is -0.366 e. The fourth-order valence-electron chi connectivity index (χ4n) is 2.55. The van der Waals surface area contributed by atoms with Gasteiger partial charge in [0.2, 0.25) is 0 Å². The highest BCUT2D eigenvalue weighted by atomic mass is 15.3. The monoisotopic (exact) mass is 188 g/mol. The molecule has 1 aromatic carbocycles. The van der Waals surface area contributed by atoms with Crippen LogP contribution in [0.3, 0.4) is 0 Å². The molecule has 1 N–H and O–H groups in total. The van der Waals surface area contributed by atoms with Gasteiger partial charge in [-0.3, -0.25) is 0 Å². The van der Waals surface area contributed by atoms with Crippen LogP contribution in [0.25, 0.3) is 0 Å². The lowest BCUT2D eigenvalue weighted by atomic mass is 9.91. The maximum Gasteiger partial charge on any atom is 0.0471 e. The molecule has 0 amide bonds. The summed E-state index contributed by atoms with van der Waals surface area (Å²) in [4.78, 5) is 2.52. The fourth-order valence-corrected chi connectivity index (χ4v) is 2.55. The standard InChI is InChI=1S/C12H16N2/c1-9-2-4-11(5-3-9)14-8-10-6-13-7-12(10)14/h2-5,10,12-13H,6-8H2,1H3/t10-,12-/m1/s1. The molecular formula is C12H16N2. The van der Waals surface area contributed by atoms with Gasteiger partial charge in [0.05, 0.1) is 0 Å². The normalized spacial score (nSPS) is 29.9. The van der Waals surface area contributed by atoms with Crippen molar-refractivity contribution in [1.29, 1.82) is 0 Å². The van der Waals surface area contributed by atoms with Gasteiger partial charge in [-0.25, -0.2) is 0 Å². The topological polar surface area (TPSA) is 15.3 Å². The number of fused-ring (bicyclic) bond motifs is 1. The van der Waals surface area contributed by atoms with Gasteiger partial charge in [-0.1, -0.05) is 17.7 Å². The zero-order valence-electron chi connectivity index (χ0n) is 8.53. The predicted octanol–water partition coefficient (Wildman–Crippen LogP) is 1.40. The molecule has 1 aromatic rings. The first-order valence-electron chi connectivity index (χ1n) is 5.38. The fraction of sp³-hybridized carbons (Fsp3) is 0.500. The van der Waals surface area contributed by atoms with Crippen molar-refractivity contribution in [3.05, 3.63) is 29.8 Å². The third-order valence-electron chi connectivity index (χ3n) is 3.50. The van der Waals surface area contributed by atoms with Crippen LogP contribution in [0.4, 0.5) is 5.69 Å². The maximum absolute atomic E-state index is 3.45. The molecule has 0 radical (unpaired) electrons. The molecular weight excluding hydrogens is 172 g/mol. The summed E-state index contributed by atoms with van der Waals surface area (Å²) in [7, 11) is 0. The minimum absolute atomic E-state index is 0.762. The molecule has 2 heterocycles. The number of benzene rings is 1. The Balaban J connectivity index is 1.80. The second-order valence-electron chi connectivity index (χ2n) is 4.47. The molecule has 2 aliphatic rings. The van der Waals surface area contributed by atoms with Crippen LogP contribution in [-0.4, -0.2) is 25.7 Å². The summed E-state index contributed by atoms with van der Waals surface area (Å²) in [5.74, 6) is 0.899. The lowest BCUT2D eigenvalue weighted by Gasteiger charge is -2.45. The van der Waals surface area contributed by atoms with Crippen molar-refractivity contribution in [3.8, 4) is 0 Å².